The van der Waals surface area contributed by atoms with Crippen LogP contribution in [0.25, 0.3) is 0 Å². The Bertz CT molecular complexity index is 1680. The second-order valence-electron chi connectivity index (χ2n) is 10.5. The number of hydrogen-bond acceptors (Lipinski definition) is 6. The van der Waals surface area contributed by atoms with E-state index in [2.05, 4.69) is 10.6 Å². The summed E-state index contributed by atoms with van der Waals surface area (Å²) in [5.74, 6) is -3.05. The zero-order valence-corrected chi connectivity index (χ0v) is 32.6. The van der Waals surface area contributed by atoms with Crippen molar-refractivity contribution in [2.75, 3.05) is 16.4 Å². The van der Waals surface area contributed by atoms with Gasteiger partial charge in [0.1, 0.15) is 17.5 Å². The van der Waals surface area contributed by atoms with E-state index in [1.54, 1.807) is 13.8 Å². The van der Waals surface area contributed by atoms with Gasteiger partial charge in [0.25, 0.3) is 0 Å². The van der Waals surface area contributed by atoms with Gasteiger partial charge in [-0.05, 0) is 117 Å². The van der Waals surface area contributed by atoms with E-state index >= 15 is 0 Å². The smallest absolute Gasteiger partial charge is 0.396 e. The first kappa shape index (κ1) is 46.7. The number of hydrogen-bond donors (Lipinski definition) is 3. The van der Waals surface area contributed by atoms with Gasteiger partial charge in [-0.3, -0.25) is 9.59 Å². The molecule has 51 heavy (non-hydrogen) atoms. The molecule has 20 heteroatoms. The monoisotopic (exact) mass is 849 g/mol. The summed E-state index contributed by atoms with van der Waals surface area (Å²) < 4.78 is 112. The standard InChI is InChI=1S/C11H11Cl3FNOS.C11H11F4NOS.C9H9F4NS/c1-5-6(2)10(16-7(3)17)8(15)4-9(5)18-11(12,13)14;1-5-6(2)10(16-7(3)17)8(12)4-9(5)18-11(13,14)15;1-4-5(2)8(14)6(10)3-7(4)15-9(11,12)13/h2*4H,1-3H3,(H,16,17);3H,14H2,1-2H3. The lowest BCUT2D eigenvalue weighted by Gasteiger charge is -2.17. The fourth-order valence-electron chi connectivity index (χ4n) is 3.91. The van der Waals surface area contributed by atoms with Crippen molar-refractivity contribution in [3.63, 3.8) is 0 Å². The van der Waals surface area contributed by atoms with E-state index in [0.29, 0.717) is 27.1 Å². The number of rotatable bonds is 5. The highest BCUT2D eigenvalue weighted by Crippen LogP contribution is 2.46. The number of nitrogen functional groups attached to an aromatic ring is 1. The van der Waals surface area contributed by atoms with Gasteiger partial charge >= 0.3 is 11.0 Å². The molecule has 0 atom stereocenters. The molecule has 0 heterocycles. The number of nitrogens with two attached hydrogens (primary N) is 1. The highest BCUT2D eigenvalue weighted by atomic mass is 35.6. The fourth-order valence-corrected chi connectivity index (χ4v) is 6.81. The highest BCUT2D eigenvalue weighted by molar-refractivity contribution is 8.04. The first-order chi connectivity index (χ1) is 23.0. The molecular formula is C31H31Cl3F9N3O2S3. The minimum Gasteiger partial charge on any atom is -0.396 e. The van der Waals surface area contributed by atoms with Crippen molar-refractivity contribution in [3.8, 4) is 0 Å². The number of halogens is 12. The molecule has 3 aromatic carbocycles. The molecule has 4 N–H and O–H groups in total. The maximum atomic E-state index is 13.9. The normalized spacial score (nSPS) is 11.6. The summed E-state index contributed by atoms with van der Waals surface area (Å²) in [6, 6.07) is 2.85. The molecule has 0 aliphatic carbocycles. The summed E-state index contributed by atoms with van der Waals surface area (Å²) in [6.45, 7) is 11.9. The van der Waals surface area contributed by atoms with Crippen molar-refractivity contribution in [2.45, 2.75) is 84.2 Å². The van der Waals surface area contributed by atoms with Crippen LogP contribution in [0.3, 0.4) is 0 Å². The van der Waals surface area contributed by atoms with Crippen LogP contribution in [0.4, 0.5) is 56.6 Å². The molecule has 2 amide bonds. The minimum absolute atomic E-state index is 0.0773. The minimum atomic E-state index is -4.47. The van der Waals surface area contributed by atoms with E-state index in [-0.39, 0.29) is 61.8 Å². The van der Waals surface area contributed by atoms with E-state index in [9.17, 15) is 49.1 Å². The molecular weight excluding hydrogens is 820 g/mol. The maximum absolute atomic E-state index is 13.9. The van der Waals surface area contributed by atoms with Crippen molar-refractivity contribution >= 4 is 99.0 Å². The Balaban J connectivity index is 0.000000384. The Morgan fingerprint density at radius 2 is 0.863 bits per heavy atom. The molecule has 0 aliphatic rings. The van der Waals surface area contributed by atoms with Gasteiger partial charge in [-0.15, -0.1) is 0 Å². The largest absolute Gasteiger partial charge is 0.446 e. The average molecular weight is 851 g/mol. The summed E-state index contributed by atoms with van der Waals surface area (Å²) in [4.78, 5) is 22.1. The van der Waals surface area contributed by atoms with Crippen molar-refractivity contribution in [1.29, 1.82) is 0 Å². The van der Waals surface area contributed by atoms with E-state index in [4.69, 9.17) is 40.5 Å². The Labute approximate surface area is 316 Å². The zero-order chi connectivity index (χ0) is 40.0. The number of anilines is 3. The van der Waals surface area contributed by atoms with Gasteiger partial charge in [-0.1, -0.05) is 46.6 Å². The number of carbonyl (C=O) groups is 2. The van der Waals surface area contributed by atoms with Gasteiger partial charge in [-0.2, -0.15) is 26.3 Å². The number of amides is 2. The lowest BCUT2D eigenvalue weighted by atomic mass is 10.1. The van der Waals surface area contributed by atoms with Crippen LogP contribution in [-0.2, 0) is 9.59 Å². The highest BCUT2D eigenvalue weighted by Gasteiger charge is 2.32. The van der Waals surface area contributed by atoms with Crippen LogP contribution >= 0.6 is 70.1 Å². The van der Waals surface area contributed by atoms with Crippen molar-refractivity contribution in [1.82, 2.24) is 0 Å². The zero-order valence-electron chi connectivity index (χ0n) is 27.9. The Morgan fingerprint density at radius 3 is 1.16 bits per heavy atom. The average Bonchev–Trinajstić information content (AvgIpc) is 2.95. The number of carbonyl (C=O) groups excluding carboxylic acids is 2. The van der Waals surface area contributed by atoms with E-state index in [1.807, 2.05) is 0 Å². The SMILES string of the molecule is CC(=O)Nc1c(F)cc(SC(Cl)(Cl)Cl)c(C)c1C.CC(=O)Nc1c(F)cc(SC(F)(F)F)c(C)c1C.Cc1c(SC(F)(F)F)cc(F)c(N)c1C. The molecule has 0 saturated heterocycles. The summed E-state index contributed by atoms with van der Waals surface area (Å²) in [7, 11) is 0. The predicted molar refractivity (Wildman–Crippen MR) is 191 cm³/mol. The summed E-state index contributed by atoms with van der Waals surface area (Å²) in [6.07, 6.45) is 0. The molecule has 284 valence electrons. The fraction of sp³-hybridized carbons (Fsp3) is 0.355. The van der Waals surface area contributed by atoms with E-state index < -0.39 is 37.5 Å². The second-order valence-corrected chi connectivity index (χ2v) is 16.9. The summed E-state index contributed by atoms with van der Waals surface area (Å²) in [5, 5.41) is 4.72. The molecule has 3 aromatic rings. The van der Waals surface area contributed by atoms with Crippen LogP contribution in [0.5, 0.6) is 0 Å². The van der Waals surface area contributed by atoms with Crippen LogP contribution < -0.4 is 16.4 Å². The van der Waals surface area contributed by atoms with Gasteiger partial charge in [0, 0.05) is 28.5 Å². The van der Waals surface area contributed by atoms with Gasteiger partial charge < -0.3 is 16.4 Å². The molecule has 0 spiro atoms. The van der Waals surface area contributed by atoms with Crippen LogP contribution in [0.1, 0.15) is 47.2 Å². The molecule has 0 aliphatic heterocycles. The molecule has 0 radical (unpaired) electrons. The number of benzene rings is 3. The van der Waals surface area contributed by atoms with Crippen LogP contribution in [0.15, 0.2) is 32.9 Å². The van der Waals surface area contributed by atoms with Crippen molar-refractivity contribution in [3.05, 3.63) is 69.0 Å². The molecule has 3 rings (SSSR count). The number of nitrogens with one attached hydrogen (secondary N) is 2. The molecule has 0 saturated carbocycles. The van der Waals surface area contributed by atoms with Gasteiger partial charge in [0.05, 0.1) is 17.1 Å². The molecule has 0 unspecified atom stereocenters. The maximum Gasteiger partial charge on any atom is 0.446 e. The van der Waals surface area contributed by atoms with Crippen molar-refractivity contribution in [2.24, 2.45) is 0 Å². The first-order valence-electron chi connectivity index (χ1n) is 13.9. The topological polar surface area (TPSA) is 84.2 Å². The van der Waals surface area contributed by atoms with E-state index in [1.165, 1.54) is 47.6 Å². The van der Waals surface area contributed by atoms with Crippen LogP contribution in [0.2, 0.25) is 0 Å². The number of thioether (sulfide) groups is 3. The second kappa shape index (κ2) is 18.6. The van der Waals surface area contributed by atoms with Crippen LogP contribution in [0, 0.1) is 59.0 Å². The predicted octanol–water partition coefficient (Wildman–Crippen LogP) is 12.5. The van der Waals surface area contributed by atoms with Crippen molar-refractivity contribution < 1.29 is 49.1 Å². The van der Waals surface area contributed by atoms with Gasteiger partial charge in [-0.25, -0.2) is 13.2 Å². The molecule has 0 fully saturated rings. The molecule has 0 aromatic heterocycles. The third-order valence-corrected chi connectivity index (χ3v) is 10.1. The lowest BCUT2D eigenvalue weighted by Crippen LogP contribution is -2.11. The Hall–Kier alpha value is -2.31. The molecule has 5 nitrogen and oxygen atoms in total. The summed E-state index contributed by atoms with van der Waals surface area (Å²) >= 11 is 17.2. The van der Waals surface area contributed by atoms with Gasteiger partial charge in [0.2, 0.25) is 14.9 Å². The Morgan fingerprint density at radius 1 is 0.569 bits per heavy atom. The molecule has 0 bridgehead atoms. The summed E-state index contributed by atoms with van der Waals surface area (Å²) in [5.41, 5.74) is -0.892. The first-order valence-corrected chi connectivity index (χ1v) is 17.5. The van der Waals surface area contributed by atoms with E-state index in [0.717, 1.165) is 29.5 Å². The third-order valence-electron chi connectivity index (χ3n) is 6.74. The lowest BCUT2D eigenvalue weighted by molar-refractivity contribution is -0.115. The van der Waals surface area contributed by atoms with Gasteiger partial charge in [0.15, 0.2) is 0 Å². The number of alkyl halides is 9. The Kier molecular flexibility index (Phi) is 17.1. The quantitative estimate of drug-likeness (QED) is 0.103. The van der Waals surface area contributed by atoms with Crippen LogP contribution in [-0.4, -0.2) is 26.0 Å². The third kappa shape index (κ3) is 15.3.